The predicted octanol–water partition coefficient (Wildman–Crippen LogP) is 5.06. The molecule has 1 amide bonds. The molecular formula is C27H28N4O2S. The van der Waals surface area contributed by atoms with Crippen molar-refractivity contribution >= 4 is 33.1 Å². The molecule has 1 aliphatic heterocycles. The summed E-state index contributed by atoms with van der Waals surface area (Å²) in [7, 11) is 0. The Bertz CT molecular complexity index is 1370. The number of nitrogens with zero attached hydrogens (tertiary/aromatic N) is 3. The van der Waals surface area contributed by atoms with Gasteiger partial charge >= 0.3 is 0 Å². The number of aromatic nitrogens is 2. The van der Waals surface area contributed by atoms with Gasteiger partial charge in [0.1, 0.15) is 4.83 Å². The molecule has 1 N–H and O–H groups in total. The van der Waals surface area contributed by atoms with Gasteiger partial charge < -0.3 is 5.32 Å². The van der Waals surface area contributed by atoms with Crippen molar-refractivity contribution in [3.63, 3.8) is 0 Å². The van der Waals surface area contributed by atoms with E-state index in [-0.39, 0.29) is 24.4 Å². The number of rotatable bonds is 7. The highest BCUT2D eigenvalue weighted by atomic mass is 32.1. The maximum Gasteiger partial charge on any atom is 0.262 e. The molecule has 1 aliphatic rings. The molecule has 0 saturated carbocycles. The number of amides is 1. The predicted molar refractivity (Wildman–Crippen MR) is 138 cm³/mol. The molecule has 1 saturated heterocycles. The molecule has 0 radical (unpaired) electrons. The molecule has 1 fully saturated rings. The zero-order chi connectivity index (χ0) is 23.5. The summed E-state index contributed by atoms with van der Waals surface area (Å²) in [5, 5.41) is 5.58. The molecule has 2 aromatic heterocycles. The van der Waals surface area contributed by atoms with Gasteiger partial charge in [0.15, 0.2) is 0 Å². The second-order valence-electron chi connectivity index (χ2n) is 8.92. The first kappa shape index (κ1) is 22.5. The van der Waals surface area contributed by atoms with Gasteiger partial charge in [-0.1, -0.05) is 42.0 Å². The number of anilines is 1. The van der Waals surface area contributed by atoms with E-state index in [9.17, 15) is 9.59 Å². The Hall–Kier alpha value is -3.29. The molecule has 4 aromatic rings. The quantitative estimate of drug-likeness (QED) is 0.408. The number of hydrogen-bond acceptors (Lipinski definition) is 5. The summed E-state index contributed by atoms with van der Waals surface area (Å²) in [5.74, 6) is -0.116. The van der Waals surface area contributed by atoms with Gasteiger partial charge in [-0.2, -0.15) is 0 Å². The average Bonchev–Trinajstić information content (AvgIpc) is 3.50. The van der Waals surface area contributed by atoms with Crippen molar-refractivity contribution in [3.8, 4) is 11.1 Å². The van der Waals surface area contributed by atoms with Gasteiger partial charge in [-0.05, 0) is 56.1 Å². The standard InChI is InChI=1S/C27H28N4O2S/c1-19-7-9-21(10-8-19)23-17-34-26-25(23)27(33)31(18-28-26)14-11-24(32)29-22-6-4-5-20(15-22)16-30-12-2-3-13-30/h4-10,15,17-18H,2-3,11-14,16H2,1H3,(H,29,32). The van der Waals surface area contributed by atoms with Crippen molar-refractivity contribution in [1.82, 2.24) is 14.5 Å². The number of likely N-dealkylation sites (tertiary alicyclic amines) is 1. The Morgan fingerprint density at radius 1 is 1.12 bits per heavy atom. The SMILES string of the molecule is Cc1ccc(-c2csc3ncn(CCC(=O)Nc4cccc(CN5CCCC5)c4)c(=O)c23)cc1. The number of hydrogen-bond donors (Lipinski definition) is 1. The van der Waals surface area contributed by atoms with Crippen LogP contribution in [0, 0.1) is 6.92 Å². The van der Waals surface area contributed by atoms with Gasteiger partial charge in [0.25, 0.3) is 5.56 Å². The van der Waals surface area contributed by atoms with Crippen molar-refractivity contribution in [1.29, 1.82) is 0 Å². The second kappa shape index (κ2) is 9.91. The van der Waals surface area contributed by atoms with E-state index in [2.05, 4.69) is 21.3 Å². The Labute approximate surface area is 202 Å². The van der Waals surface area contributed by atoms with Crippen LogP contribution in [0.5, 0.6) is 0 Å². The maximum atomic E-state index is 13.2. The third-order valence-electron chi connectivity index (χ3n) is 6.32. The van der Waals surface area contributed by atoms with Crippen LogP contribution in [0.15, 0.2) is 65.0 Å². The Kier molecular flexibility index (Phi) is 6.56. The van der Waals surface area contributed by atoms with E-state index in [1.54, 1.807) is 6.33 Å². The van der Waals surface area contributed by atoms with E-state index in [0.717, 1.165) is 41.3 Å². The average molecular weight is 473 g/mol. The molecule has 0 atom stereocenters. The van der Waals surface area contributed by atoms with Crippen LogP contribution in [0.4, 0.5) is 5.69 Å². The van der Waals surface area contributed by atoms with Gasteiger partial charge in [0, 0.05) is 36.1 Å². The lowest BCUT2D eigenvalue weighted by atomic mass is 10.1. The number of carbonyl (C=O) groups excluding carboxylic acids is 1. The highest BCUT2D eigenvalue weighted by Gasteiger charge is 2.15. The van der Waals surface area contributed by atoms with E-state index >= 15 is 0 Å². The van der Waals surface area contributed by atoms with Crippen LogP contribution in [-0.2, 0) is 17.9 Å². The fraction of sp³-hybridized carbons (Fsp3) is 0.296. The number of benzene rings is 2. The molecule has 34 heavy (non-hydrogen) atoms. The number of nitrogens with one attached hydrogen (secondary N) is 1. The zero-order valence-corrected chi connectivity index (χ0v) is 20.1. The normalized spacial score (nSPS) is 14.0. The summed E-state index contributed by atoms with van der Waals surface area (Å²) < 4.78 is 1.54. The van der Waals surface area contributed by atoms with Crippen LogP contribution in [0.1, 0.15) is 30.4 Å². The topological polar surface area (TPSA) is 67.2 Å². The highest BCUT2D eigenvalue weighted by molar-refractivity contribution is 7.17. The van der Waals surface area contributed by atoms with E-state index < -0.39 is 0 Å². The third kappa shape index (κ3) is 4.95. The maximum absolute atomic E-state index is 13.2. The molecule has 0 spiro atoms. The van der Waals surface area contributed by atoms with Crippen molar-refractivity contribution < 1.29 is 4.79 Å². The Morgan fingerprint density at radius 2 is 1.91 bits per heavy atom. The highest BCUT2D eigenvalue weighted by Crippen LogP contribution is 2.30. The molecule has 5 rings (SSSR count). The molecule has 0 bridgehead atoms. The summed E-state index contributed by atoms with van der Waals surface area (Å²) in [6, 6.07) is 16.2. The summed E-state index contributed by atoms with van der Waals surface area (Å²) in [6.45, 7) is 5.51. The van der Waals surface area contributed by atoms with Crippen LogP contribution in [0.2, 0.25) is 0 Å². The summed E-state index contributed by atoms with van der Waals surface area (Å²) in [6.07, 6.45) is 4.26. The van der Waals surface area contributed by atoms with E-state index in [0.29, 0.717) is 5.39 Å². The van der Waals surface area contributed by atoms with Crippen molar-refractivity contribution in [2.45, 2.75) is 39.3 Å². The van der Waals surface area contributed by atoms with Crippen LogP contribution in [-0.4, -0.2) is 33.4 Å². The van der Waals surface area contributed by atoms with Crippen LogP contribution < -0.4 is 10.9 Å². The van der Waals surface area contributed by atoms with Crippen LogP contribution >= 0.6 is 11.3 Å². The smallest absolute Gasteiger partial charge is 0.262 e. The lowest BCUT2D eigenvalue weighted by Crippen LogP contribution is -2.23. The van der Waals surface area contributed by atoms with Gasteiger partial charge in [0.05, 0.1) is 11.7 Å². The largest absolute Gasteiger partial charge is 0.326 e. The Morgan fingerprint density at radius 3 is 2.71 bits per heavy atom. The van der Waals surface area contributed by atoms with Gasteiger partial charge in [-0.15, -0.1) is 11.3 Å². The van der Waals surface area contributed by atoms with Crippen molar-refractivity contribution in [2.75, 3.05) is 18.4 Å². The first-order chi connectivity index (χ1) is 16.6. The lowest BCUT2D eigenvalue weighted by Gasteiger charge is -2.15. The molecule has 2 aromatic carbocycles. The summed E-state index contributed by atoms with van der Waals surface area (Å²) >= 11 is 1.47. The van der Waals surface area contributed by atoms with Gasteiger partial charge in [-0.25, -0.2) is 4.98 Å². The fourth-order valence-electron chi connectivity index (χ4n) is 4.46. The van der Waals surface area contributed by atoms with E-state index in [1.807, 2.05) is 54.8 Å². The summed E-state index contributed by atoms with van der Waals surface area (Å²) in [4.78, 5) is 33.5. The first-order valence-electron chi connectivity index (χ1n) is 11.7. The van der Waals surface area contributed by atoms with E-state index in [1.165, 1.54) is 39.9 Å². The Balaban J connectivity index is 1.27. The number of aryl methyl sites for hydroxylation is 2. The monoisotopic (exact) mass is 472 g/mol. The summed E-state index contributed by atoms with van der Waals surface area (Å²) in [5.41, 5.74) is 4.95. The van der Waals surface area contributed by atoms with Crippen LogP contribution in [0.3, 0.4) is 0 Å². The molecule has 174 valence electrons. The fourth-order valence-corrected chi connectivity index (χ4v) is 5.37. The molecule has 3 heterocycles. The number of carbonyl (C=O) groups is 1. The minimum atomic E-state index is -0.116. The lowest BCUT2D eigenvalue weighted by molar-refractivity contribution is -0.116. The van der Waals surface area contributed by atoms with Gasteiger partial charge in [-0.3, -0.25) is 19.1 Å². The minimum Gasteiger partial charge on any atom is -0.326 e. The zero-order valence-electron chi connectivity index (χ0n) is 19.3. The molecular weight excluding hydrogens is 444 g/mol. The minimum absolute atomic E-state index is 0.109. The third-order valence-corrected chi connectivity index (χ3v) is 7.21. The van der Waals surface area contributed by atoms with Crippen molar-refractivity contribution in [2.24, 2.45) is 0 Å². The number of thiophene rings is 1. The number of fused-ring (bicyclic) bond motifs is 1. The molecule has 7 heteroatoms. The molecule has 0 unspecified atom stereocenters. The molecule has 6 nitrogen and oxygen atoms in total. The van der Waals surface area contributed by atoms with Crippen LogP contribution in [0.25, 0.3) is 21.3 Å². The van der Waals surface area contributed by atoms with E-state index in [4.69, 9.17) is 0 Å². The first-order valence-corrected chi connectivity index (χ1v) is 12.6. The molecule has 0 aliphatic carbocycles. The second-order valence-corrected chi connectivity index (χ2v) is 9.78. The van der Waals surface area contributed by atoms with Crippen molar-refractivity contribution in [3.05, 3.63) is 81.7 Å². The van der Waals surface area contributed by atoms with Gasteiger partial charge in [0.2, 0.25) is 5.91 Å².